The molecule has 0 saturated heterocycles. The summed E-state index contributed by atoms with van der Waals surface area (Å²) in [5.74, 6) is 2.65. The van der Waals surface area contributed by atoms with Crippen molar-refractivity contribution in [2.45, 2.75) is 45.9 Å². The minimum absolute atomic E-state index is 0.154. The second-order valence-electron chi connectivity index (χ2n) is 7.56. The van der Waals surface area contributed by atoms with Crippen LogP contribution in [0.2, 0.25) is 0 Å². The second-order valence-corrected chi connectivity index (χ2v) is 8.89. The van der Waals surface area contributed by atoms with Gasteiger partial charge in [-0.05, 0) is 43.9 Å². The first-order valence-electron chi connectivity index (χ1n) is 10.2. The molecule has 2 amide bonds. The van der Waals surface area contributed by atoms with Gasteiger partial charge in [-0.25, -0.2) is 0 Å². The minimum Gasteiger partial charge on any atom is -0.493 e. The van der Waals surface area contributed by atoms with Crippen molar-refractivity contribution in [1.82, 2.24) is 10.5 Å². The average molecular weight is 450 g/mol. The molecule has 2 N–H and O–H groups in total. The molecule has 1 aromatic carbocycles. The molecule has 0 saturated carbocycles. The lowest BCUT2D eigenvalue weighted by molar-refractivity contribution is -0.118. The molecule has 170 valence electrons. The Bertz CT molecular complexity index is 869. The maximum absolute atomic E-state index is 12.2. The van der Waals surface area contributed by atoms with E-state index in [1.807, 2.05) is 18.2 Å². The number of nitrogens with zero attached hydrogens (tertiary/aromatic N) is 1. The Morgan fingerprint density at radius 2 is 1.97 bits per heavy atom. The summed E-state index contributed by atoms with van der Waals surface area (Å²) in [6.07, 6.45) is 0.966. The second kappa shape index (κ2) is 12.2. The highest BCUT2D eigenvalue weighted by molar-refractivity contribution is 8.01. The third-order valence-electron chi connectivity index (χ3n) is 4.38. The number of nitrogens with one attached hydrogen (secondary N) is 2. The number of carbonyl (C=O) groups is 2. The van der Waals surface area contributed by atoms with Crippen molar-refractivity contribution in [3.05, 3.63) is 35.6 Å². The smallest absolute Gasteiger partial charge is 0.238 e. The van der Waals surface area contributed by atoms with Gasteiger partial charge < -0.3 is 24.6 Å². The van der Waals surface area contributed by atoms with Crippen LogP contribution in [-0.4, -0.2) is 41.7 Å². The van der Waals surface area contributed by atoms with Crippen LogP contribution in [0, 0.1) is 12.8 Å². The highest BCUT2D eigenvalue weighted by Gasteiger charge is 2.17. The Morgan fingerprint density at radius 1 is 1.19 bits per heavy atom. The average Bonchev–Trinajstić information content (AvgIpc) is 3.15. The molecule has 2 rings (SSSR count). The van der Waals surface area contributed by atoms with Crippen LogP contribution < -0.4 is 20.1 Å². The number of carbonyl (C=O) groups excluding carboxylic acids is 2. The number of thioether (sulfide) groups is 1. The zero-order valence-corrected chi connectivity index (χ0v) is 19.5. The van der Waals surface area contributed by atoms with Crippen LogP contribution in [-0.2, 0) is 16.1 Å². The van der Waals surface area contributed by atoms with Crippen LogP contribution in [0.4, 0.5) is 5.82 Å². The summed E-state index contributed by atoms with van der Waals surface area (Å²) in [6.45, 7) is 8.77. The largest absolute Gasteiger partial charge is 0.493 e. The zero-order valence-electron chi connectivity index (χ0n) is 18.7. The Labute approximate surface area is 187 Å². The van der Waals surface area contributed by atoms with Crippen LogP contribution in [0.1, 0.15) is 38.5 Å². The van der Waals surface area contributed by atoms with Crippen molar-refractivity contribution in [2.24, 2.45) is 5.92 Å². The molecule has 2 aromatic rings. The molecule has 0 spiro atoms. The maximum atomic E-state index is 12.2. The fourth-order valence-electron chi connectivity index (χ4n) is 2.53. The van der Waals surface area contributed by atoms with E-state index in [9.17, 15) is 9.59 Å². The molecule has 0 bridgehead atoms. The Morgan fingerprint density at radius 3 is 2.61 bits per heavy atom. The van der Waals surface area contributed by atoms with Crippen molar-refractivity contribution in [3.8, 4) is 11.5 Å². The number of hydrogen-bond acceptors (Lipinski definition) is 7. The third kappa shape index (κ3) is 8.53. The van der Waals surface area contributed by atoms with Crippen molar-refractivity contribution in [3.63, 3.8) is 0 Å². The number of methoxy groups -OCH3 is 1. The SMILES string of the molecule is COc1cc(CNC(=O)CSC(C)C(=O)Nc2cc(C)on2)ccc1OCCC(C)C. The van der Waals surface area contributed by atoms with E-state index in [-0.39, 0.29) is 17.6 Å². The fourth-order valence-corrected chi connectivity index (χ4v) is 3.24. The molecule has 8 nitrogen and oxygen atoms in total. The predicted molar refractivity (Wildman–Crippen MR) is 122 cm³/mol. The monoisotopic (exact) mass is 449 g/mol. The van der Waals surface area contributed by atoms with Crippen LogP contribution >= 0.6 is 11.8 Å². The molecular formula is C22H31N3O5S. The van der Waals surface area contributed by atoms with E-state index >= 15 is 0 Å². The molecule has 9 heteroatoms. The molecule has 0 aliphatic heterocycles. The van der Waals surface area contributed by atoms with Gasteiger partial charge in [0, 0.05) is 12.6 Å². The number of amides is 2. The summed E-state index contributed by atoms with van der Waals surface area (Å²) in [5.41, 5.74) is 0.901. The zero-order chi connectivity index (χ0) is 22.8. The van der Waals surface area contributed by atoms with Crippen molar-refractivity contribution < 1.29 is 23.6 Å². The van der Waals surface area contributed by atoms with Crippen LogP contribution in [0.15, 0.2) is 28.8 Å². The van der Waals surface area contributed by atoms with Gasteiger partial charge in [0.1, 0.15) is 5.76 Å². The first-order chi connectivity index (χ1) is 14.8. The Kier molecular flexibility index (Phi) is 9.71. The van der Waals surface area contributed by atoms with Gasteiger partial charge in [-0.1, -0.05) is 25.1 Å². The van der Waals surface area contributed by atoms with Crippen molar-refractivity contribution in [1.29, 1.82) is 0 Å². The van der Waals surface area contributed by atoms with Gasteiger partial charge in [0.05, 0.1) is 24.7 Å². The molecule has 1 atom stereocenters. The number of aromatic nitrogens is 1. The first kappa shape index (κ1) is 24.6. The number of benzene rings is 1. The van der Waals surface area contributed by atoms with Gasteiger partial charge in [-0.3, -0.25) is 9.59 Å². The van der Waals surface area contributed by atoms with Gasteiger partial charge >= 0.3 is 0 Å². The molecule has 1 aromatic heterocycles. The topological polar surface area (TPSA) is 103 Å². The van der Waals surface area contributed by atoms with Gasteiger partial charge in [0.2, 0.25) is 11.8 Å². The molecule has 0 aliphatic carbocycles. The lowest BCUT2D eigenvalue weighted by Gasteiger charge is -2.14. The summed E-state index contributed by atoms with van der Waals surface area (Å²) in [6, 6.07) is 7.25. The van der Waals surface area contributed by atoms with Crippen molar-refractivity contribution in [2.75, 3.05) is 24.8 Å². The number of hydrogen-bond donors (Lipinski definition) is 2. The third-order valence-corrected chi connectivity index (χ3v) is 5.53. The van der Waals surface area contributed by atoms with Gasteiger partial charge in [0.15, 0.2) is 17.3 Å². The predicted octanol–water partition coefficient (Wildman–Crippen LogP) is 3.79. The molecule has 1 unspecified atom stereocenters. The molecule has 31 heavy (non-hydrogen) atoms. The van der Waals surface area contributed by atoms with Crippen LogP contribution in [0.5, 0.6) is 11.5 Å². The van der Waals surface area contributed by atoms with E-state index < -0.39 is 5.25 Å². The Hall–Kier alpha value is -2.68. The maximum Gasteiger partial charge on any atom is 0.238 e. The van der Waals surface area contributed by atoms with Gasteiger partial charge in [0.25, 0.3) is 0 Å². The van der Waals surface area contributed by atoms with Gasteiger partial charge in [-0.2, -0.15) is 0 Å². The van der Waals surface area contributed by atoms with Crippen molar-refractivity contribution >= 4 is 29.4 Å². The molecular weight excluding hydrogens is 418 g/mol. The number of aryl methyl sites for hydroxylation is 1. The first-order valence-corrected chi connectivity index (χ1v) is 11.3. The fraction of sp³-hybridized carbons (Fsp3) is 0.500. The standard InChI is InChI=1S/C22H31N3O5S/c1-14(2)8-9-29-18-7-6-17(11-19(18)28-5)12-23-21(26)13-31-16(4)22(27)24-20-10-15(3)30-25-20/h6-7,10-11,14,16H,8-9,12-13H2,1-5H3,(H,23,26)(H,24,25,27). The quantitative estimate of drug-likeness (QED) is 0.508. The summed E-state index contributed by atoms with van der Waals surface area (Å²) >= 11 is 1.25. The van der Waals surface area contributed by atoms with Crippen LogP contribution in [0.25, 0.3) is 0 Å². The van der Waals surface area contributed by atoms with E-state index in [1.54, 1.807) is 27.0 Å². The highest BCUT2D eigenvalue weighted by Crippen LogP contribution is 2.28. The summed E-state index contributed by atoms with van der Waals surface area (Å²) in [4.78, 5) is 24.3. The summed E-state index contributed by atoms with van der Waals surface area (Å²) in [7, 11) is 1.59. The Balaban J connectivity index is 1.76. The highest BCUT2D eigenvalue weighted by atomic mass is 32.2. The lowest BCUT2D eigenvalue weighted by atomic mass is 10.1. The van der Waals surface area contributed by atoms with E-state index in [4.69, 9.17) is 14.0 Å². The van der Waals surface area contributed by atoms with E-state index in [0.717, 1.165) is 12.0 Å². The molecule has 0 aliphatic rings. The van der Waals surface area contributed by atoms with E-state index in [1.165, 1.54) is 11.8 Å². The van der Waals surface area contributed by atoms with Crippen LogP contribution in [0.3, 0.4) is 0 Å². The van der Waals surface area contributed by atoms with E-state index in [2.05, 4.69) is 29.6 Å². The minimum atomic E-state index is -0.412. The summed E-state index contributed by atoms with van der Waals surface area (Å²) < 4.78 is 16.1. The van der Waals surface area contributed by atoms with Gasteiger partial charge in [-0.15, -0.1) is 11.8 Å². The van der Waals surface area contributed by atoms with E-state index in [0.29, 0.717) is 42.1 Å². The number of ether oxygens (including phenoxy) is 2. The normalized spacial score (nSPS) is 11.8. The summed E-state index contributed by atoms with van der Waals surface area (Å²) in [5, 5.41) is 8.83. The lowest BCUT2D eigenvalue weighted by Crippen LogP contribution is -2.28. The molecule has 0 radical (unpaired) electrons. The molecule has 1 heterocycles. The molecule has 0 fully saturated rings. The number of rotatable bonds is 12. The number of anilines is 1.